The van der Waals surface area contributed by atoms with Gasteiger partial charge in [0.1, 0.15) is 5.49 Å². The summed E-state index contributed by atoms with van der Waals surface area (Å²) in [6.07, 6.45) is 1.83. The highest BCUT2D eigenvalue weighted by molar-refractivity contribution is 5.96. The molecule has 1 heterocycles. The van der Waals surface area contributed by atoms with Crippen molar-refractivity contribution in [2.75, 3.05) is 0 Å². The predicted molar refractivity (Wildman–Crippen MR) is 91.2 cm³/mol. The highest BCUT2D eigenvalue weighted by Gasteiger charge is 2.07. The smallest absolute Gasteiger partial charge is 0.182 e. The number of carbonyl (C=O) groups excluding carboxylic acids is 1. The molecular weight excluding hydrogens is 284 g/mol. The summed E-state index contributed by atoms with van der Waals surface area (Å²) in [5.74, 6) is 0.00807. The lowest BCUT2D eigenvalue weighted by atomic mass is 10.0. The fourth-order valence-electron chi connectivity index (χ4n) is 2.52. The number of nitrogens with one attached hydrogen (secondary N) is 1. The molecule has 0 amide bonds. The number of aromatic nitrogens is 1. The lowest BCUT2D eigenvalue weighted by Crippen LogP contribution is -2.23. The molecule has 0 aliphatic heterocycles. The van der Waals surface area contributed by atoms with Gasteiger partial charge in [0.2, 0.25) is 0 Å². The Labute approximate surface area is 135 Å². The number of nitrogens with zero attached hydrogens (tertiary/aromatic N) is 1. The van der Waals surface area contributed by atoms with Gasteiger partial charge in [-0.2, -0.15) is 0 Å². The van der Waals surface area contributed by atoms with Crippen LogP contribution in [0.3, 0.4) is 0 Å². The third-order valence-corrected chi connectivity index (χ3v) is 3.80. The molecule has 0 spiro atoms. The number of ketones is 1. The molecule has 1 aromatic heterocycles. The van der Waals surface area contributed by atoms with Gasteiger partial charge >= 0.3 is 0 Å². The van der Waals surface area contributed by atoms with Crippen molar-refractivity contribution >= 4 is 5.78 Å². The highest BCUT2D eigenvalue weighted by Crippen LogP contribution is 2.19. The Hall–Kier alpha value is -2.94. The number of hydrogen-bond donors (Lipinski definition) is 1. The van der Waals surface area contributed by atoms with Crippen molar-refractivity contribution in [3.8, 4) is 11.1 Å². The zero-order valence-electron chi connectivity index (χ0n) is 13.0. The maximum absolute atomic E-state index is 12.4. The Bertz CT molecular complexity index is 878. The van der Waals surface area contributed by atoms with Crippen LogP contribution in [0.25, 0.3) is 11.1 Å². The summed E-state index contributed by atoms with van der Waals surface area (Å²) in [6, 6.07) is 21.3. The lowest BCUT2D eigenvalue weighted by Gasteiger charge is -2.08. The molecule has 1 N–H and O–H groups in total. The fourth-order valence-corrected chi connectivity index (χ4v) is 2.52. The summed E-state index contributed by atoms with van der Waals surface area (Å²) in [5.41, 5.74) is 4.26. The molecule has 2 aromatic carbocycles. The van der Waals surface area contributed by atoms with E-state index in [0.717, 1.165) is 16.7 Å². The van der Waals surface area contributed by atoms with E-state index >= 15 is 0 Å². The molecule has 0 saturated carbocycles. The van der Waals surface area contributed by atoms with Crippen molar-refractivity contribution in [3.63, 3.8) is 0 Å². The Morgan fingerprint density at radius 1 is 0.913 bits per heavy atom. The molecular formula is C20H18N2O. The Morgan fingerprint density at radius 2 is 1.57 bits per heavy atom. The molecule has 3 aromatic rings. The van der Waals surface area contributed by atoms with Crippen LogP contribution in [-0.2, 0) is 6.54 Å². The van der Waals surface area contributed by atoms with E-state index in [1.807, 2.05) is 73.8 Å². The summed E-state index contributed by atoms with van der Waals surface area (Å²) in [6.45, 7) is 2.14. The minimum absolute atomic E-state index is 0.00807. The molecule has 3 rings (SSSR count). The van der Waals surface area contributed by atoms with Gasteiger partial charge in [0.05, 0.1) is 6.54 Å². The molecule has 0 radical (unpaired) electrons. The first-order valence-corrected chi connectivity index (χ1v) is 7.54. The number of Topliss-reactive ketones (excluding diaryl/α,β-unsaturated/α-hetero) is 1. The number of benzene rings is 2. The van der Waals surface area contributed by atoms with Crippen LogP contribution < -0.4 is 5.49 Å². The third kappa shape index (κ3) is 3.46. The van der Waals surface area contributed by atoms with Crippen LogP contribution in [0.2, 0.25) is 0 Å². The average Bonchev–Trinajstić information content (AvgIpc) is 2.59. The molecule has 0 bridgehead atoms. The Kier molecular flexibility index (Phi) is 4.20. The standard InChI is InChI=1S/C20H18N2O/c1-15-7-12-20(21)22(13-15)14-19(23)18-10-8-17(9-11-18)16-5-3-2-4-6-16/h2-13,21H,14H2,1H3. The van der Waals surface area contributed by atoms with Crippen LogP contribution in [0.1, 0.15) is 15.9 Å². The van der Waals surface area contributed by atoms with Gasteiger partial charge in [-0.3, -0.25) is 10.2 Å². The molecule has 0 atom stereocenters. The first-order chi connectivity index (χ1) is 11.1. The number of rotatable bonds is 4. The largest absolute Gasteiger partial charge is 0.325 e. The normalized spacial score (nSPS) is 10.5. The first-order valence-electron chi connectivity index (χ1n) is 7.54. The second-order valence-corrected chi connectivity index (χ2v) is 5.59. The second-order valence-electron chi connectivity index (χ2n) is 5.59. The van der Waals surface area contributed by atoms with Crippen molar-refractivity contribution in [3.05, 3.63) is 89.5 Å². The quantitative estimate of drug-likeness (QED) is 0.732. The van der Waals surface area contributed by atoms with Gasteiger partial charge in [-0.05, 0) is 29.7 Å². The molecule has 3 nitrogen and oxygen atoms in total. The van der Waals surface area contributed by atoms with Gasteiger partial charge in [-0.1, -0.05) is 60.7 Å². The number of carbonyl (C=O) groups is 1. The molecule has 114 valence electrons. The molecule has 0 aliphatic rings. The highest BCUT2D eigenvalue weighted by atomic mass is 16.1. The maximum Gasteiger partial charge on any atom is 0.182 e. The van der Waals surface area contributed by atoms with E-state index in [1.54, 1.807) is 10.6 Å². The molecule has 0 saturated heterocycles. The van der Waals surface area contributed by atoms with E-state index in [2.05, 4.69) is 0 Å². The van der Waals surface area contributed by atoms with E-state index in [4.69, 9.17) is 5.41 Å². The van der Waals surface area contributed by atoms with E-state index in [-0.39, 0.29) is 12.3 Å². The van der Waals surface area contributed by atoms with E-state index in [1.165, 1.54) is 0 Å². The van der Waals surface area contributed by atoms with Gasteiger partial charge in [-0.15, -0.1) is 0 Å². The van der Waals surface area contributed by atoms with Crippen molar-refractivity contribution in [1.82, 2.24) is 4.57 Å². The summed E-state index contributed by atoms with van der Waals surface area (Å²) < 4.78 is 1.67. The molecule has 0 unspecified atom stereocenters. The zero-order valence-corrected chi connectivity index (χ0v) is 13.0. The van der Waals surface area contributed by atoms with Crippen molar-refractivity contribution in [2.24, 2.45) is 0 Å². The summed E-state index contributed by atoms with van der Waals surface area (Å²) in [5, 5.41) is 7.88. The number of pyridine rings is 1. The molecule has 0 aliphatic carbocycles. The average molecular weight is 302 g/mol. The van der Waals surface area contributed by atoms with Gasteiger partial charge in [0.25, 0.3) is 0 Å². The first kappa shape index (κ1) is 15.0. The van der Waals surface area contributed by atoms with Crippen LogP contribution in [-0.4, -0.2) is 10.4 Å². The maximum atomic E-state index is 12.4. The molecule has 23 heavy (non-hydrogen) atoms. The summed E-state index contributed by atoms with van der Waals surface area (Å²) >= 11 is 0. The van der Waals surface area contributed by atoms with Crippen molar-refractivity contribution in [1.29, 1.82) is 5.41 Å². The minimum atomic E-state index is 0.00807. The van der Waals surface area contributed by atoms with E-state index in [9.17, 15) is 4.79 Å². The topological polar surface area (TPSA) is 45.9 Å². The molecule has 3 heteroatoms. The van der Waals surface area contributed by atoms with E-state index < -0.39 is 0 Å². The van der Waals surface area contributed by atoms with Crippen molar-refractivity contribution < 1.29 is 4.79 Å². The third-order valence-electron chi connectivity index (χ3n) is 3.80. The van der Waals surface area contributed by atoms with Gasteiger partial charge in [0, 0.05) is 11.8 Å². The SMILES string of the molecule is Cc1ccc(=N)n(CC(=O)c2ccc(-c3ccccc3)cc2)c1. The number of hydrogen-bond acceptors (Lipinski definition) is 2. The second kappa shape index (κ2) is 6.44. The zero-order chi connectivity index (χ0) is 16.2. The molecule has 0 fully saturated rings. The summed E-state index contributed by atoms with van der Waals surface area (Å²) in [4.78, 5) is 12.4. The van der Waals surface area contributed by atoms with E-state index in [0.29, 0.717) is 11.1 Å². The van der Waals surface area contributed by atoms with Gasteiger partial charge in [0.15, 0.2) is 5.78 Å². The van der Waals surface area contributed by atoms with Crippen LogP contribution in [0, 0.1) is 12.3 Å². The van der Waals surface area contributed by atoms with Gasteiger partial charge in [-0.25, -0.2) is 0 Å². The lowest BCUT2D eigenvalue weighted by molar-refractivity contribution is 0.0970. The van der Waals surface area contributed by atoms with Crippen LogP contribution in [0.4, 0.5) is 0 Å². The predicted octanol–water partition coefficient (Wildman–Crippen LogP) is 3.83. The van der Waals surface area contributed by atoms with Crippen molar-refractivity contribution in [2.45, 2.75) is 13.5 Å². The fraction of sp³-hybridized carbons (Fsp3) is 0.100. The Morgan fingerprint density at radius 3 is 2.26 bits per heavy atom. The van der Waals surface area contributed by atoms with Crippen LogP contribution in [0.15, 0.2) is 72.9 Å². The Balaban J connectivity index is 1.81. The summed E-state index contributed by atoms with van der Waals surface area (Å²) in [7, 11) is 0. The minimum Gasteiger partial charge on any atom is -0.325 e. The van der Waals surface area contributed by atoms with Crippen LogP contribution in [0.5, 0.6) is 0 Å². The monoisotopic (exact) mass is 302 g/mol. The number of aryl methyl sites for hydroxylation is 1. The van der Waals surface area contributed by atoms with Crippen LogP contribution >= 0.6 is 0 Å². The van der Waals surface area contributed by atoms with Gasteiger partial charge < -0.3 is 4.57 Å².